The fourth-order valence-corrected chi connectivity index (χ4v) is 2.26. The highest BCUT2D eigenvalue weighted by atomic mass is 79.9. The number of azo groups is 1. The summed E-state index contributed by atoms with van der Waals surface area (Å²) in [5.41, 5.74) is -0.730. The van der Waals surface area contributed by atoms with Gasteiger partial charge in [0.25, 0.3) is 0 Å². The van der Waals surface area contributed by atoms with Gasteiger partial charge in [0.1, 0.15) is 22.6 Å². The highest BCUT2D eigenvalue weighted by Gasteiger charge is 2.14. The van der Waals surface area contributed by atoms with Crippen molar-refractivity contribution in [2.45, 2.75) is 0 Å². The summed E-state index contributed by atoms with van der Waals surface area (Å²) in [5.74, 6) is -1.63. The summed E-state index contributed by atoms with van der Waals surface area (Å²) in [6, 6.07) is 10.8. The first-order valence-corrected chi connectivity index (χ1v) is 7.45. The van der Waals surface area contributed by atoms with Crippen molar-refractivity contribution in [3.63, 3.8) is 0 Å². The van der Waals surface area contributed by atoms with Gasteiger partial charge in [-0.2, -0.15) is 5.11 Å². The van der Waals surface area contributed by atoms with E-state index in [0.29, 0.717) is 11.1 Å². The zero-order valence-electron chi connectivity index (χ0n) is 11.9. The topological polar surface area (TPSA) is 112 Å². The van der Waals surface area contributed by atoms with Crippen LogP contribution < -0.4 is 5.63 Å². The molecular weight excluding hydrogens is 380 g/mol. The van der Waals surface area contributed by atoms with E-state index >= 15 is 0 Å². The largest absolute Gasteiger partial charge is 0.505 e. The molecule has 0 saturated heterocycles. The first kappa shape index (κ1) is 15.9. The predicted molar refractivity (Wildman–Crippen MR) is 89.4 cm³/mol. The third-order valence-electron chi connectivity index (χ3n) is 3.16. The Morgan fingerprint density at radius 1 is 1.08 bits per heavy atom. The van der Waals surface area contributed by atoms with Crippen LogP contribution in [0.3, 0.4) is 0 Å². The van der Waals surface area contributed by atoms with Crippen molar-refractivity contribution in [3.8, 4) is 5.75 Å². The molecule has 0 spiro atoms. The molecule has 8 heteroatoms. The zero-order chi connectivity index (χ0) is 17.3. The maximum atomic E-state index is 11.5. The van der Waals surface area contributed by atoms with Crippen molar-refractivity contribution in [1.82, 2.24) is 0 Å². The molecule has 0 aliphatic rings. The molecule has 3 rings (SSSR count). The van der Waals surface area contributed by atoms with E-state index in [1.54, 1.807) is 24.3 Å². The molecule has 0 bridgehead atoms. The second-order valence-electron chi connectivity index (χ2n) is 4.81. The monoisotopic (exact) mass is 388 g/mol. The Morgan fingerprint density at radius 3 is 2.46 bits per heavy atom. The number of phenolic OH excluding ortho intramolecular Hbond substituents is 1. The minimum atomic E-state index is -1.39. The number of carboxylic acids is 1. The van der Waals surface area contributed by atoms with Crippen molar-refractivity contribution >= 4 is 44.2 Å². The maximum Gasteiger partial charge on any atom is 0.351 e. The Labute approximate surface area is 143 Å². The summed E-state index contributed by atoms with van der Waals surface area (Å²) >= 11 is 3.31. The number of hydrogen-bond acceptors (Lipinski definition) is 6. The fourth-order valence-electron chi connectivity index (χ4n) is 1.99. The van der Waals surface area contributed by atoms with Crippen LogP contribution in [0.25, 0.3) is 11.0 Å². The SMILES string of the molecule is O=C(O)c1cc2cc(/N=N/c3ccc(Br)cc3)c(O)cc2oc1=O. The number of aromatic carboxylic acids is 1. The number of hydrogen-bond donors (Lipinski definition) is 2. The van der Waals surface area contributed by atoms with Crippen LogP contribution in [0.15, 0.2) is 66.4 Å². The maximum absolute atomic E-state index is 11.5. The van der Waals surface area contributed by atoms with E-state index in [9.17, 15) is 14.7 Å². The first-order chi connectivity index (χ1) is 11.4. The lowest BCUT2D eigenvalue weighted by atomic mass is 10.1. The smallest absolute Gasteiger partial charge is 0.351 e. The molecule has 0 aliphatic carbocycles. The molecule has 0 fully saturated rings. The third-order valence-corrected chi connectivity index (χ3v) is 3.69. The van der Waals surface area contributed by atoms with E-state index in [0.717, 1.165) is 4.47 Å². The molecule has 0 amide bonds. The van der Waals surface area contributed by atoms with Gasteiger partial charge in [-0.3, -0.25) is 0 Å². The van der Waals surface area contributed by atoms with Crippen molar-refractivity contribution in [2.75, 3.05) is 0 Å². The Kier molecular flexibility index (Phi) is 4.13. The molecule has 1 heterocycles. The average molecular weight is 389 g/mol. The minimum Gasteiger partial charge on any atom is -0.505 e. The number of halogens is 1. The Morgan fingerprint density at radius 2 is 1.79 bits per heavy atom. The number of carbonyl (C=O) groups is 1. The second kappa shape index (κ2) is 6.25. The summed E-state index contributed by atoms with van der Waals surface area (Å²) in [6.07, 6.45) is 0. The molecule has 0 radical (unpaired) electrons. The number of carboxylic acid groups (broad SMARTS) is 1. The van der Waals surface area contributed by atoms with Crippen LogP contribution in [-0.2, 0) is 0 Å². The molecule has 120 valence electrons. The number of phenols is 1. The summed E-state index contributed by atoms with van der Waals surface area (Å²) in [5, 5.41) is 27.2. The summed E-state index contributed by atoms with van der Waals surface area (Å²) in [6.45, 7) is 0. The van der Waals surface area contributed by atoms with Crippen molar-refractivity contribution in [3.05, 3.63) is 62.9 Å². The van der Waals surface area contributed by atoms with Crippen molar-refractivity contribution < 1.29 is 19.4 Å². The normalized spacial score (nSPS) is 11.2. The van der Waals surface area contributed by atoms with Crippen LogP contribution in [0.2, 0.25) is 0 Å². The number of nitrogens with zero attached hydrogens (tertiary/aromatic N) is 2. The number of fused-ring (bicyclic) bond motifs is 1. The van der Waals surface area contributed by atoms with Gasteiger partial charge in [-0.1, -0.05) is 15.9 Å². The molecule has 7 nitrogen and oxygen atoms in total. The van der Waals surface area contributed by atoms with Crippen LogP contribution in [-0.4, -0.2) is 16.2 Å². The average Bonchev–Trinajstić information content (AvgIpc) is 2.54. The van der Waals surface area contributed by atoms with E-state index in [4.69, 9.17) is 9.52 Å². The summed E-state index contributed by atoms with van der Waals surface area (Å²) < 4.78 is 5.79. The van der Waals surface area contributed by atoms with Gasteiger partial charge >= 0.3 is 11.6 Å². The molecular formula is C16H9BrN2O5. The van der Waals surface area contributed by atoms with Crippen LogP contribution in [0.5, 0.6) is 5.75 Å². The van der Waals surface area contributed by atoms with E-state index in [1.807, 2.05) is 0 Å². The van der Waals surface area contributed by atoms with Crippen LogP contribution >= 0.6 is 15.9 Å². The molecule has 0 unspecified atom stereocenters. The first-order valence-electron chi connectivity index (χ1n) is 6.65. The fraction of sp³-hybridized carbons (Fsp3) is 0. The lowest BCUT2D eigenvalue weighted by Crippen LogP contribution is -2.12. The van der Waals surface area contributed by atoms with Crippen LogP contribution in [0.1, 0.15) is 10.4 Å². The van der Waals surface area contributed by atoms with Crippen LogP contribution in [0, 0.1) is 0 Å². The minimum absolute atomic E-state index is 0.0603. The summed E-state index contributed by atoms with van der Waals surface area (Å²) in [7, 11) is 0. The molecule has 3 aromatic rings. The van der Waals surface area contributed by atoms with E-state index < -0.39 is 17.2 Å². The molecule has 0 saturated carbocycles. The van der Waals surface area contributed by atoms with Gasteiger partial charge in [-0.05, 0) is 36.4 Å². The Hall–Kier alpha value is -3.00. The molecule has 1 aromatic heterocycles. The zero-order valence-corrected chi connectivity index (χ0v) is 13.5. The van der Waals surface area contributed by atoms with Crippen molar-refractivity contribution in [1.29, 1.82) is 0 Å². The quantitative estimate of drug-likeness (QED) is 0.510. The lowest BCUT2D eigenvalue weighted by molar-refractivity contribution is 0.0692. The van der Waals surface area contributed by atoms with Gasteiger partial charge in [-0.25, -0.2) is 9.59 Å². The van der Waals surface area contributed by atoms with Gasteiger partial charge in [0.05, 0.1) is 5.69 Å². The predicted octanol–water partition coefficient (Wildman–Crippen LogP) is 4.37. The molecule has 2 aromatic carbocycles. The third kappa shape index (κ3) is 3.18. The molecule has 0 aliphatic heterocycles. The molecule has 2 N–H and O–H groups in total. The number of rotatable bonds is 3. The van der Waals surface area contributed by atoms with Gasteiger partial charge in [0, 0.05) is 15.9 Å². The highest BCUT2D eigenvalue weighted by Crippen LogP contribution is 2.32. The summed E-state index contributed by atoms with van der Waals surface area (Å²) in [4.78, 5) is 22.5. The number of benzene rings is 2. The lowest BCUT2D eigenvalue weighted by Gasteiger charge is -2.02. The van der Waals surface area contributed by atoms with E-state index in [1.165, 1.54) is 18.2 Å². The Bertz CT molecular complexity index is 1030. The molecule has 24 heavy (non-hydrogen) atoms. The van der Waals surface area contributed by atoms with Crippen molar-refractivity contribution in [2.24, 2.45) is 10.2 Å². The van der Waals surface area contributed by atoms with Gasteiger partial charge in [0.2, 0.25) is 0 Å². The van der Waals surface area contributed by atoms with Gasteiger partial charge in [0.15, 0.2) is 0 Å². The Balaban J connectivity index is 2.06. The number of aromatic hydroxyl groups is 1. The van der Waals surface area contributed by atoms with Crippen LogP contribution in [0.4, 0.5) is 11.4 Å². The van der Waals surface area contributed by atoms with E-state index in [2.05, 4.69) is 26.2 Å². The van der Waals surface area contributed by atoms with E-state index in [-0.39, 0.29) is 17.0 Å². The van der Waals surface area contributed by atoms with Gasteiger partial charge < -0.3 is 14.6 Å². The second-order valence-corrected chi connectivity index (χ2v) is 5.72. The highest BCUT2D eigenvalue weighted by molar-refractivity contribution is 9.10. The van der Waals surface area contributed by atoms with Gasteiger partial charge in [-0.15, -0.1) is 5.11 Å². The standard InChI is InChI=1S/C16H9BrN2O5/c17-9-1-3-10(4-2-9)18-19-12-6-8-5-11(15(21)22)16(23)24-14(8)7-13(12)20/h1-7,20H,(H,21,22)/b19-18+. The molecule has 0 atom stereocenters.